The van der Waals surface area contributed by atoms with Gasteiger partial charge in [0.1, 0.15) is 11.6 Å². The summed E-state index contributed by atoms with van der Waals surface area (Å²) in [4.78, 5) is 30.7. The van der Waals surface area contributed by atoms with Crippen molar-refractivity contribution in [1.82, 2.24) is 9.88 Å². The predicted molar refractivity (Wildman–Crippen MR) is 115 cm³/mol. The molecule has 1 N–H and O–H groups in total. The molecule has 0 saturated heterocycles. The molecule has 6 nitrogen and oxygen atoms in total. The average molecular weight is 422 g/mol. The van der Waals surface area contributed by atoms with Crippen molar-refractivity contribution in [2.75, 3.05) is 20.3 Å². The van der Waals surface area contributed by atoms with Crippen LogP contribution < -0.4 is 4.74 Å². The summed E-state index contributed by atoms with van der Waals surface area (Å²) in [5.74, 6) is -0.465. The molecule has 2 aromatic carbocycles. The molecule has 1 aliphatic rings. The second-order valence-corrected chi connectivity index (χ2v) is 7.32. The minimum absolute atomic E-state index is 0.232. The van der Waals surface area contributed by atoms with Crippen molar-refractivity contribution in [1.29, 1.82) is 0 Å². The quantitative estimate of drug-likeness (QED) is 0.622. The maximum Gasteiger partial charge on any atom is 0.341 e. The third-order valence-corrected chi connectivity index (χ3v) is 5.28. The van der Waals surface area contributed by atoms with E-state index in [1.165, 1.54) is 23.2 Å². The number of amides is 1. The molecule has 1 amide bonds. The number of H-pyrrole nitrogens is 1. The first kappa shape index (κ1) is 20.7. The molecule has 0 bridgehead atoms. The molecule has 0 radical (unpaired) electrons. The van der Waals surface area contributed by atoms with Gasteiger partial charge in [-0.3, -0.25) is 4.79 Å². The highest BCUT2D eigenvalue weighted by molar-refractivity contribution is 6.18. The van der Waals surface area contributed by atoms with Crippen LogP contribution in [0.25, 0.3) is 16.5 Å². The van der Waals surface area contributed by atoms with Crippen LogP contribution in [0.5, 0.6) is 5.75 Å². The summed E-state index contributed by atoms with van der Waals surface area (Å²) in [6.07, 6.45) is 2.71. The lowest BCUT2D eigenvalue weighted by molar-refractivity contribution is -0.136. The first-order chi connectivity index (χ1) is 15.0. The van der Waals surface area contributed by atoms with Gasteiger partial charge in [0.25, 0.3) is 5.91 Å². The summed E-state index contributed by atoms with van der Waals surface area (Å²) in [7, 11) is 1.56. The summed E-state index contributed by atoms with van der Waals surface area (Å²) in [5.41, 5.74) is 2.76. The number of aromatic amines is 1. The van der Waals surface area contributed by atoms with Crippen molar-refractivity contribution in [3.63, 3.8) is 0 Å². The van der Waals surface area contributed by atoms with Crippen LogP contribution in [-0.2, 0) is 16.0 Å². The molecule has 160 valence electrons. The lowest BCUT2D eigenvalue weighted by atomic mass is 10.0. The third-order valence-electron chi connectivity index (χ3n) is 5.28. The van der Waals surface area contributed by atoms with Gasteiger partial charge in [0.05, 0.1) is 25.0 Å². The molecule has 0 unspecified atom stereocenters. The van der Waals surface area contributed by atoms with Gasteiger partial charge in [-0.1, -0.05) is 6.92 Å². The zero-order valence-corrected chi connectivity index (χ0v) is 17.4. The Labute approximate surface area is 179 Å². The van der Waals surface area contributed by atoms with Crippen LogP contribution in [0, 0.1) is 5.82 Å². The van der Waals surface area contributed by atoms with Crippen LogP contribution in [0.4, 0.5) is 4.39 Å². The van der Waals surface area contributed by atoms with E-state index in [9.17, 15) is 14.0 Å². The summed E-state index contributed by atoms with van der Waals surface area (Å²) in [6, 6.07) is 11.3. The van der Waals surface area contributed by atoms with Gasteiger partial charge in [0, 0.05) is 29.2 Å². The molecule has 4 rings (SSSR count). The maximum atomic E-state index is 13.7. The van der Waals surface area contributed by atoms with E-state index in [0.717, 1.165) is 10.9 Å². The average Bonchev–Trinajstić information content (AvgIpc) is 3.03. The van der Waals surface area contributed by atoms with Gasteiger partial charge in [-0.05, 0) is 60.9 Å². The molecule has 0 fully saturated rings. The number of hydrogen-bond acceptors (Lipinski definition) is 4. The highest BCUT2D eigenvalue weighted by atomic mass is 19.1. The number of hydrogen-bond donors (Lipinski definition) is 1. The molecule has 0 saturated carbocycles. The SMILES string of the molecule is CCCOC(=O)C1=CN(C(=O)c2ccc(OC)cc2)CCc2c1[nH]c1cc(F)ccc21. The maximum absolute atomic E-state index is 13.7. The molecule has 2 heterocycles. The van der Waals surface area contributed by atoms with E-state index in [1.807, 2.05) is 6.92 Å². The first-order valence-corrected chi connectivity index (χ1v) is 10.2. The molecule has 1 aliphatic heterocycles. The van der Waals surface area contributed by atoms with Crippen LogP contribution in [0.1, 0.15) is 35.0 Å². The van der Waals surface area contributed by atoms with Crippen molar-refractivity contribution in [2.45, 2.75) is 19.8 Å². The van der Waals surface area contributed by atoms with E-state index >= 15 is 0 Å². The number of methoxy groups -OCH3 is 1. The Bertz CT molecular complexity index is 1160. The van der Waals surface area contributed by atoms with Gasteiger partial charge in [0.2, 0.25) is 0 Å². The number of rotatable bonds is 5. The van der Waals surface area contributed by atoms with E-state index in [4.69, 9.17) is 9.47 Å². The summed E-state index contributed by atoms with van der Waals surface area (Å²) in [6.45, 7) is 2.55. The highest BCUT2D eigenvalue weighted by Crippen LogP contribution is 2.32. The number of nitrogens with zero attached hydrogens (tertiary/aromatic N) is 1. The Hall–Kier alpha value is -3.61. The Morgan fingerprint density at radius 1 is 1.16 bits per heavy atom. The van der Waals surface area contributed by atoms with E-state index < -0.39 is 5.97 Å². The standard InChI is InChI=1S/C24H23FN2O4/c1-3-12-31-24(29)20-14-27(23(28)15-4-7-17(30-2)8-5-15)11-10-19-18-9-6-16(25)13-21(18)26-22(19)20/h4-9,13-14,26H,3,10-12H2,1-2H3. The molecule has 31 heavy (non-hydrogen) atoms. The molecule has 3 aromatic rings. The predicted octanol–water partition coefficient (Wildman–Crippen LogP) is 4.31. The van der Waals surface area contributed by atoms with E-state index in [1.54, 1.807) is 37.4 Å². The molecule has 1 aromatic heterocycles. The second kappa shape index (κ2) is 8.63. The van der Waals surface area contributed by atoms with E-state index in [0.29, 0.717) is 41.9 Å². The van der Waals surface area contributed by atoms with Gasteiger partial charge in [0.15, 0.2) is 0 Å². The number of fused-ring (bicyclic) bond motifs is 3. The number of esters is 1. The zero-order chi connectivity index (χ0) is 22.0. The number of aromatic nitrogens is 1. The van der Waals surface area contributed by atoms with E-state index in [2.05, 4.69) is 4.98 Å². The Morgan fingerprint density at radius 3 is 2.65 bits per heavy atom. The smallest absolute Gasteiger partial charge is 0.341 e. The second-order valence-electron chi connectivity index (χ2n) is 7.32. The van der Waals surface area contributed by atoms with Crippen LogP contribution in [0.2, 0.25) is 0 Å². The highest BCUT2D eigenvalue weighted by Gasteiger charge is 2.28. The Kier molecular flexibility index (Phi) is 5.75. The number of carbonyl (C=O) groups is 2. The molecule has 7 heteroatoms. The fourth-order valence-electron chi connectivity index (χ4n) is 3.72. The van der Waals surface area contributed by atoms with Gasteiger partial charge < -0.3 is 19.4 Å². The Morgan fingerprint density at radius 2 is 1.94 bits per heavy atom. The van der Waals surface area contributed by atoms with Gasteiger partial charge in [-0.2, -0.15) is 0 Å². The van der Waals surface area contributed by atoms with Gasteiger partial charge in [-0.15, -0.1) is 0 Å². The number of nitrogens with one attached hydrogen (secondary N) is 1. The van der Waals surface area contributed by atoms with Crippen LogP contribution in [0.15, 0.2) is 48.7 Å². The Balaban J connectivity index is 1.75. The summed E-state index contributed by atoms with van der Waals surface area (Å²) < 4.78 is 24.2. The summed E-state index contributed by atoms with van der Waals surface area (Å²) in [5, 5.41) is 0.823. The van der Waals surface area contributed by atoms with Crippen molar-refractivity contribution in [3.05, 3.63) is 71.3 Å². The molecular weight excluding hydrogens is 399 g/mol. The number of benzene rings is 2. The summed E-state index contributed by atoms with van der Waals surface area (Å²) >= 11 is 0. The fourth-order valence-corrected chi connectivity index (χ4v) is 3.72. The van der Waals surface area contributed by atoms with Crippen molar-refractivity contribution in [3.8, 4) is 5.75 Å². The number of carbonyl (C=O) groups excluding carboxylic acids is 2. The third kappa shape index (κ3) is 4.03. The lowest BCUT2D eigenvalue weighted by Crippen LogP contribution is -2.28. The van der Waals surface area contributed by atoms with Gasteiger partial charge in [-0.25, -0.2) is 9.18 Å². The minimum atomic E-state index is -0.524. The lowest BCUT2D eigenvalue weighted by Gasteiger charge is -2.18. The van der Waals surface area contributed by atoms with Gasteiger partial charge >= 0.3 is 5.97 Å². The largest absolute Gasteiger partial charge is 0.497 e. The molecule has 0 spiro atoms. The monoisotopic (exact) mass is 422 g/mol. The fraction of sp³-hybridized carbons (Fsp3) is 0.250. The van der Waals surface area contributed by atoms with Crippen molar-refractivity contribution in [2.24, 2.45) is 0 Å². The van der Waals surface area contributed by atoms with Crippen LogP contribution in [-0.4, -0.2) is 42.0 Å². The number of halogens is 1. The molecular formula is C24H23FN2O4. The molecule has 0 atom stereocenters. The van der Waals surface area contributed by atoms with Crippen LogP contribution >= 0.6 is 0 Å². The zero-order valence-electron chi connectivity index (χ0n) is 17.4. The van der Waals surface area contributed by atoms with Crippen molar-refractivity contribution < 1.29 is 23.5 Å². The normalized spacial score (nSPS) is 13.4. The molecule has 0 aliphatic carbocycles. The first-order valence-electron chi connectivity index (χ1n) is 10.2. The topological polar surface area (TPSA) is 71.6 Å². The van der Waals surface area contributed by atoms with Crippen molar-refractivity contribution >= 4 is 28.4 Å². The number of ether oxygens (including phenoxy) is 2. The van der Waals surface area contributed by atoms with Crippen LogP contribution in [0.3, 0.4) is 0 Å². The van der Waals surface area contributed by atoms with E-state index in [-0.39, 0.29) is 23.9 Å². The minimum Gasteiger partial charge on any atom is -0.497 e.